The van der Waals surface area contributed by atoms with Crippen LogP contribution in [0.5, 0.6) is 0 Å². The average Bonchev–Trinajstić information content (AvgIpc) is 2.93. The number of rotatable bonds is 5. The van der Waals surface area contributed by atoms with E-state index in [0.717, 1.165) is 11.5 Å². The lowest BCUT2D eigenvalue weighted by molar-refractivity contribution is 0.0867. The van der Waals surface area contributed by atoms with Crippen molar-refractivity contribution in [1.82, 2.24) is 19.6 Å². The van der Waals surface area contributed by atoms with E-state index in [2.05, 4.69) is 32.1 Å². The fourth-order valence-electron chi connectivity index (χ4n) is 2.63. The van der Waals surface area contributed by atoms with Crippen LogP contribution in [0.4, 0.5) is 5.82 Å². The van der Waals surface area contributed by atoms with Crippen LogP contribution in [0, 0.1) is 6.92 Å². The Morgan fingerprint density at radius 3 is 2.65 bits per heavy atom. The summed E-state index contributed by atoms with van der Waals surface area (Å²) in [6, 6.07) is 12.1. The predicted octanol–water partition coefficient (Wildman–Crippen LogP) is 2.21. The van der Waals surface area contributed by atoms with Crippen LogP contribution >= 0.6 is 0 Å². The molecule has 2 heterocycles. The molecule has 3 rings (SSSR count). The second-order valence-corrected chi connectivity index (χ2v) is 6.38. The highest BCUT2D eigenvalue weighted by molar-refractivity contribution is 5.48. The van der Waals surface area contributed by atoms with E-state index in [4.69, 9.17) is 0 Å². The van der Waals surface area contributed by atoms with Gasteiger partial charge in [-0.05, 0) is 26.3 Å². The van der Waals surface area contributed by atoms with Gasteiger partial charge in [-0.25, -0.2) is 4.98 Å². The molecule has 0 aliphatic heterocycles. The summed E-state index contributed by atoms with van der Waals surface area (Å²) in [5.41, 5.74) is 1.20. The minimum Gasteiger partial charge on any atom is -0.389 e. The van der Waals surface area contributed by atoms with E-state index in [1.165, 1.54) is 11.9 Å². The molecule has 2 aromatic heterocycles. The Morgan fingerprint density at radius 2 is 1.96 bits per heavy atom. The number of aromatic nitrogens is 4. The molecule has 0 spiro atoms. The molecule has 0 radical (unpaired) electrons. The standard InChI is InChI=1S/C17H21N5O/c1-13-9-15(22-16(20-13)18-12-19-22)21(11-17(2,3)23)10-14-7-5-4-6-8-14/h4-9,12,23H,10-11H2,1-3H3. The molecule has 120 valence electrons. The number of aliphatic hydroxyl groups is 1. The van der Waals surface area contributed by atoms with Crippen LogP contribution in [0.15, 0.2) is 42.7 Å². The number of hydrogen-bond donors (Lipinski definition) is 1. The molecular formula is C17H21N5O. The zero-order chi connectivity index (χ0) is 16.4. The highest BCUT2D eigenvalue weighted by Gasteiger charge is 2.22. The summed E-state index contributed by atoms with van der Waals surface area (Å²) in [6.07, 6.45) is 1.50. The maximum absolute atomic E-state index is 10.3. The zero-order valence-electron chi connectivity index (χ0n) is 13.6. The van der Waals surface area contributed by atoms with Crippen LogP contribution in [0.3, 0.4) is 0 Å². The van der Waals surface area contributed by atoms with E-state index >= 15 is 0 Å². The van der Waals surface area contributed by atoms with Gasteiger partial charge in [0.25, 0.3) is 5.78 Å². The molecule has 0 bridgehead atoms. The molecule has 0 fully saturated rings. The molecule has 0 unspecified atom stereocenters. The molecule has 0 saturated carbocycles. The molecule has 3 aromatic rings. The molecule has 0 atom stereocenters. The van der Waals surface area contributed by atoms with Gasteiger partial charge in [0, 0.05) is 24.8 Å². The van der Waals surface area contributed by atoms with Crippen molar-refractivity contribution >= 4 is 11.6 Å². The first kappa shape index (κ1) is 15.4. The molecule has 1 aromatic carbocycles. The fourth-order valence-corrected chi connectivity index (χ4v) is 2.63. The number of aryl methyl sites for hydroxylation is 1. The Bertz CT molecular complexity index is 792. The molecule has 23 heavy (non-hydrogen) atoms. The van der Waals surface area contributed by atoms with Crippen molar-refractivity contribution in [2.75, 3.05) is 11.4 Å². The van der Waals surface area contributed by atoms with Gasteiger partial charge >= 0.3 is 0 Å². The Morgan fingerprint density at radius 1 is 1.22 bits per heavy atom. The van der Waals surface area contributed by atoms with Gasteiger partial charge in [0.2, 0.25) is 0 Å². The highest BCUT2D eigenvalue weighted by atomic mass is 16.3. The lowest BCUT2D eigenvalue weighted by Gasteiger charge is -2.31. The topological polar surface area (TPSA) is 66.5 Å². The van der Waals surface area contributed by atoms with E-state index in [0.29, 0.717) is 18.9 Å². The lowest BCUT2D eigenvalue weighted by Crippen LogP contribution is -2.39. The van der Waals surface area contributed by atoms with E-state index in [1.807, 2.05) is 31.2 Å². The van der Waals surface area contributed by atoms with E-state index in [1.54, 1.807) is 18.4 Å². The van der Waals surface area contributed by atoms with E-state index in [-0.39, 0.29) is 0 Å². The maximum atomic E-state index is 10.3. The highest BCUT2D eigenvalue weighted by Crippen LogP contribution is 2.21. The summed E-state index contributed by atoms with van der Waals surface area (Å²) in [7, 11) is 0. The summed E-state index contributed by atoms with van der Waals surface area (Å²) in [6.45, 7) is 6.68. The first-order valence-electron chi connectivity index (χ1n) is 7.61. The van der Waals surface area contributed by atoms with Crippen LogP contribution < -0.4 is 4.90 Å². The van der Waals surface area contributed by atoms with Gasteiger partial charge < -0.3 is 10.0 Å². The van der Waals surface area contributed by atoms with Gasteiger partial charge in [-0.3, -0.25) is 0 Å². The monoisotopic (exact) mass is 311 g/mol. The molecule has 0 saturated heterocycles. The smallest absolute Gasteiger partial charge is 0.254 e. The molecule has 0 amide bonds. The van der Waals surface area contributed by atoms with E-state index in [9.17, 15) is 5.11 Å². The quantitative estimate of drug-likeness (QED) is 0.782. The molecule has 0 aliphatic rings. The summed E-state index contributed by atoms with van der Waals surface area (Å²) in [4.78, 5) is 10.7. The van der Waals surface area contributed by atoms with Crippen LogP contribution in [0.25, 0.3) is 5.78 Å². The first-order chi connectivity index (χ1) is 10.9. The third kappa shape index (κ3) is 3.65. The van der Waals surface area contributed by atoms with Gasteiger partial charge in [0.05, 0.1) is 5.60 Å². The van der Waals surface area contributed by atoms with Crippen LogP contribution in [-0.2, 0) is 6.54 Å². The Labute approximate surface area is 135 Å². The number of nitrogens with zero attached hydrogens (tertiary/aromatic N) is 5. The van der Waals surface area contributed by atoms with Crippen molar-refractivity contribution in [3.05, 3.63) is 54.0 Å². The number of fused-ring (bicyclic) bond motifs is 1. The Balaban J connectivity index is 2.04. The lowest BCUT2D eigenvalue weighted by atomic mass is 10.1. The molecule has 6 heteroatoms. The molecular weight excluding hydrogens is 290 g/mol. The van der Waals surface area contributed by atoms with Gasteiger partial charge in [0.1, 0.15) is 12.1 Å². The van der Waals surface area contributed by atoms with Gasteiger partial charge in [0.15, 0.2) is 0 Å². The Kier molecular flexibility index (Phi) is 4.00. The minimum atomic E-state index is -0.834. The summed E-state index contributed by atoms with van der Waals surface area (Å²) in [5, 5.41) is 14.6. The third-order valence-corrected chi connectivity index (χ3v) is 3.48. The minimum absolute atomic E-state index is 0.473. The third-order valence-electron chi connectivity index (χ3n) is 3.48. The van der Waals surface area contributed by atoms with Crippen molar-refractivity contribution in [3.63, 3.8) is 0 Å². The Hall–Kier alpha value is -2.47. The second-order valence-electron chi connectivity index (χ2n) is 6.38. The fraction of sp³-hybridized carbons (Fsp3) is 0.353. The maximum Gasteiger partial charge on any atom is 0.254 e. The number of anilines is 1. The van der Waals surface area contributed by atoms with E-state index < -0.39 is 5.60 Å². The summed E-state index contributed by atoms with van der Waals surface area (Å²) >= 11 is 0. The molecule has 0 aliphatic carbocycles. The van der Waals surface area contributed by atoms with Gasteiger partial charge in [-0.2, -0.15) is 14.6 Å². The van der Waals surface area contributed by atoms with Gasteiger partial charge in [-0.15, -0.1) is 0 Å². The van der Waals surface area contributed by atoms with Crippen molar-refractivity contribution in [2.45, 2.75) is 32.9 Å². The van der Waals surface area contributed by atoms with Gasteiger partial charge in [-0.1, -0.05) is 30.3 Å². The average molecular weight is 311 g/mol. The number of hydrogen-bond acceptors (Lipinski definition) is 5. The zero-order valence-corrected chi connectivity index (χ0v) is 13.6. The predicted molar refractivity (Wildman–Crippen MR) is 89.3 cm³/mol. The normalized spacial score (nSPS) is 11.8. The van der Waals surface area contributed by atoms with Crippen molar-refractivity contribution < 1.29 is 5.11 Å². The van der Waals surface area contributed by atoms with Crippen LogP contribution in [-0.4, -0.2) is 36.8 Å². The molecule has 1 N–H and O–H groups in total. The summed E-state index contributed by atoms with van der Waals surface area (Å²) in [5.74, 6) is 1.43. The van der Waals surface area contributed by atoms with Crippen molar-refractivity contribution in [2.24, 2.45) is 0 Å². The van der Waals surface area contributed by atoms with Crippen molar-refractivity contribution in [3.8, 4) is 0 Å². The summed E-state index contributed by atoms with van der Waals surface area (Å²) < 4.78 is 1.71. The van der Waals surface area contributed by atoms with Crippen LogP contribution in [0.2, 0.25) is 0 Å². The SMILES string of the molecule is Cc1cc(N(Cc2ccccc2)CC(C)(C)O)n2ncnc2n1. The second kappa shape index (κ2) is 5.96. The van der Waals surface area contributed by atoms with Crippen molar-refractivity contribution in [1.29, 1.82) is 0 Å². The first-order valence-corrected chi connectivity index (χ1v) is 7.61. The van der Waals surface area contributed by atoms with Crippen LogP contribution in [0.1, 0.15) is 25.1 Å². The number of benzene rings is 1. The largest absolute Gasteiger partial charge is 0.389 e. The molecule has 6 nitrogen and oxygen atoms in total.